The fraction of sp³-hybridized carbons (Fsp3) is 0.125. The van der Waals surface area contributed by atoms with Crippen LogP contribution in [0.4, 0.5) is 0 Å². The number of nitrogens with zero attached hydrogens (tertiary/aromatic N) is 2. The van der Waals surface area contributed by atoms with E-state index < -0.39 is 0 Å². The molecule has 0 fully saturated rings. The highest BCUT2D eigenvalue weighted by molar-refractivity contribution is 8.00. The summed E-state index contributed by atoms with van der Waals surface area (Å²) < 4.78 is 6.20. The van der Waals surface area contributed by atoms with Crippen molar-refractivity contribution in [3.63, 3.8) is 0 Å². The molecule has 11 rings (SSSR count). The molecule has 0 bridgehead atoms. The highest BCUT2D eigenvalue weighted by Gasteiger charge is 2.32. The minimum absolute atomic E-state index is 0.103. The summed E-state index contributed by atoms with van der Waals surface area (Å²) in [6.07, 6.45) is 16.4. The Balaban J connectivity index is 0.930. The second-order valence-corrected chi connectivity index (χ2v) is 15.5. The van der Waals surface area contributed by atoms with Crippen molar-refractivity contribution >= 4 is 62.2 Å². The lowest BCUT2D eigenvalue weighted by Gasteiger charge is -2.29. The molecular formula is C48H36N4OS. The third-order valence-corrected chi connectivity index (χ3v) is 12.3. The monoisotopic (exact) mass is 716 g/mol. The van der Waals surface area contributed by atoms with Crippen molar-refractivity contribution in [2.24, 2.45) is 15.9 Å². The van der Waals surface area contributed by atoms with Crippen molar-refractivity contribution < 1.29 is 4.42 Å². The van der Waals surface area contributed by atoms with Gasteiger partial charge in [0.2, 0.25) is 0 Å². The van der Waals surface area contributed by atoms with E-state index in [0.717, 1.165) is 64.3 Å². The van der Waals surface area contributed by atoms with E-state index in [9.17, 15) is 0 Å². The first kappa shape index (κ1) is 31.4. The SMILES string of the molecule is C1=CC(C2N=C(c3ccc(C4=c5ccccc5=C5c6ccccc6S[C@@H]5N4)cc3)N=C(C3C=CC(c4cccc5oc6ccccc6c45)=CC3)N2)=CCC1. The molecule has 0 saturated carbocycles. The van der Waals surface area contributed by atoms with Gasteiger partial charge in [-0.15, -0.1) is 0 Å². The first-order valence-electron chi connectivity index (χ1n) is 18.8. The Bertz CT molecular complexity index is 2850. The Morgan fingerprint density at radius 1 is 0.685 bits per heavy atom. The van der Waals surface area contributed by atoms with Gasteiger partial charge in [-0.05, 0) is 70.5 Å². The largest absolute Gasteiger partial charge is 0.456 e. The van der Waals surface area contributed by atoms with Gasteiger partial charge in [-0.25, -0.2) is 9.98 Å². The number of amidine groups is 2. The van der Waals surface area contributed by atoms with Crippen LogP contribution in [0.25, 0.3) is 38.8 Å². The minimum atomic E-state index is -0.190. The molecule has 260 valence electrons. The van der Waals surface area contributed by atoms with Crippen LogP contribution >= 0.6 is 11.8 Å². The van der Waals surface area contributed by atoms with Crippen LogP contribution in [0.15, 0.2) is 177 Å². The van der Waals surface area contributed by atoms with E-state index in [1.807, 2.05) is 23.9 Å². The van der Waals surface area contributed by atoms with E-state index in [4.69, 9.17) is 14.4 Å². The maximum absolute atomic E-state index is 6.20. The standard InChI is InChI=1S/C48H36N4OS/c1-2-11-31(12-3-1)45-50-46(32-25-21-29(22-26-32)34-17-10-19-40-42(34)37-15-6-8-18-39(37)53-40)52-47(51-45)33-27-23-30(24-28-33)44-36-14-5-4-13-35(36)43-38-16-7-9-20-41(38)54-48(43)49-44/h2,4-25,27-28,32,45,48-49H,1,3,26H2,(H,50,51,52)/t32?,45?,48-/m0/s1. The third-order valence-electron chi connectivity index (χ3n) is 11.1. The number of hydrogen-bond acceptors (Lipinski definition) is 6. The van der Waals surface area contributed by atoms with Gasteiger partial charge >= 0.3 is 0 Å². The summed E-state index contributed by atoms with van der Waals surface area (Å²) in [4.78, 5) is 11.8. The zero-order chi connectivity index (χ0) is 35.6. The van der Waals surface area contributed by atoms with Gasteiger partial charge in [0.05, 0.1) is 5.70 Å². The second kappa shape index (κ2) is 12.8. The molecule has 0 saturated heterocycles. The average Bonchev–Trinajstić information content (AvgIpc) is 3.82. The Labute approximate surface area is 317 Å². The van der Waals surface area contributed by atoms with Crippen molar-refractivity contribution in [3.8, 4) is 0 Å². The van der Waals surface area contributed by atoms with Gasteiger partial charge in [0.1, 0.15) is 28.5 Å². The predicted octanol–water partition coefficient (Wildman–Crippen LogP) is 8.99. The first-order chi connectivity index (χ1) is 26.7. The summed E-state index contributed by atoms with van der Waals surface area (Å²) in [6, 6.07) is 41.0. The fourth-order valence-corrected chi connectivity index (χ4v) is 9.77. The van der Waals surface area contributed by atoms with Crippen LogP contribution < -0.4 is 21.1 Å². The maximum atomic E-state index is 6.20. The van der Waals surface area contributed by atoms with Gasteiger partial charge < -0.3 is 15.1 Å². The van der Waals surface area contributed by atoms with E-state index in [1.54, 1.807) is 0 Å². The molecule has 2 unspecified atom stereocenters. The van der Waals surface area contributed by atoms with Gasteiger partial charge in [0, 0.05) is 37.9 Å². The van der Waals surface area contributed by atoms with E-state index >= 15 is 0 Å². The van der Waals surface area contributed by atoms with Crippen LogP contribution in [-0.4, -0.2) is 23.2 Å². The Hall–Kier alpha value is -6.11. The first-order valence-corrected chi connectivity index (χ1v) is 19.7. The van der Waals surface area contributed by atoms with E-state index in [2.05, 4.69) is 150 Å². The average molecular weight is 717 g/mol. The number of hydrogen-bond donors (Lipinski definition) is 2. The minimum Gasteiger partial charge on any atom is -0.456 e. The molecule has 5 aromatic carbocycles. The molecule has 3 atom stereocenters. The number of aliphatic imine (C=N–C) groups is 2. The Morgan fingerprint density at radius 3 is 2.35 bits per heavy atom. The van der Waals surface area contributed by atoms with Crippen LogP contribution in [0.2, 0.25) is 0 Å². The molecule has 0 amide bonds. The molecule has 5 aliphatic rings. The third kappa shape index (κ3) is 5.24. The van der Waals surface area contributed by atoms with Crippen molar-refractivity contribution in [1.82, 2.24) is 10.6 Å². The zero-order valence-corrected chi connectivity index (χ0v) is 30.3. The molecule has 6 heteroatoms. The van der Waals surface area contributed by atoms with Gasteiger partial charge in [0.15, 0.2) is 5.84 Å². The number of allylic oxidation sites excluding steroid dienone is 5. The molecule has 3 aliphatic heterocycles. The summed E-state index contributed by atoms with van der Waals surface area (Å²) in [5.41, 5.74) is 11.5. The maximum Gasteiger partial charge on any atom is 0.159 e. The molecule has 2 aliphatic carbocycles. The van der Waals surface area contributed by atoms with E-state index in [-0.39, 0.29) is 17.5 Å². The van der Waals surface area contributed by atoms with E-state index in [1.165, 1.54) is 48.6 Å². The summed E-state index contributed by atoms with van der Waals surface area (Å²) in [7, 11) is 0. The van der Waals surface area contributed by atoms with Crippen molar-refractivity contribution in [3.05, 3.63) is 190 Å². The number of para-hydroxylation sites is 1. The number of thioether (sulfide) groups is 1. The molecule has 6 aromatic rings. The number of nitrogens with one attached hydrogen (secondary N) is 2. The van der Waals surface area contributed by atoms with Crippen LogP contribution in [0, 0.1) is 5.92 Å². The van der Waals surface area contributed by atoms with Crippen molar-refractivity contribution in [2.75, 3.05) is 0 Å². The van der Waals surface area contributed by atoms with Crippen molar-refractivity contribution in [1.29, 1.82) is 0 Å². The molecule has 54 heavy (non-hydrogen) atoms. The van der Waals surface area contributed by atoms with Gasteiger partial charge in [-0.1, -0.05) is 145 Å². The molecule has 5 nitrogen and oxygen atoms in total. The normalized spacial score (nSPS) is 21.4. The van der Waals surface area contributed by atoms with Gasteiger partial charge in [0.25, 0.3) is 0 Å². The lowest BCUT2D eigenvalue weighted by molar-refractivity contribution is 0.669. The van der Waals surface area contributed by atoms with Crippen LogP contribution in [0.1, 0.15) is 41.5 Å². The quantitative estimate of drug-likeness (QED) is 0.187. The second-order valence-electron chi connectivity index (χ2n) is 14.4. The highest BCUT2D eigenvalue weighted by atomic mass is 32.2. The lowest BCUT2D eigenvalue weighted by atomic mass is 9.90. The Kier molecular flexibility index (Phi) is 7.44. The van der Waals surface area contributed by atoms with Gasteiger partial charge in [-0.2, -0.15) is 0 Å². The van der Waals surface area contributed by atoms with Crippen LogP contribution in [0.3, 0.4) is 0 Å². The summed E-state index contributed by atoms with van der Waals surface area (Å²) >= 11 is 1.90. The molecule has 4 heterocycles. The highest BCUT2D eigenvalue weighted by Crippen LogP contribution is 2.43. The zero-order valence-electron chi connectivity index (χ0n) is 29.5. The summed E-state index contributed by atoms with van der Waals surface area (Å²) in [5, 5.41) is 12.7. The molecule has 2 N–H and O–H groups in total. The predicted molar refractivity (Wildman–Crippen MR) is 223 cm³/mol. The van der Waals surface area contributed by atoms with Gasteiger partial charge in [-0.3, -0.25) is 0 Å². The summed E-state index contributed by atoms with van der Waals surface area (Å²) in [5.74, 6) is 1.81. The lowest BCUT2D eigenvalue weighted by Crippen LogP contribution is -2.44. The Morgan fingerprint density at radius 2 is 1.48 bits per heavy atom. The molecule has 1 aromatic heterocycles. The topological polar surface area (TPSA) is 61.9 Å². The van der Waals surface area contributed by atoms with Crippen molar-refractivity contribution in [2.45, 2.75) is 35.7 Å². The number of benzene rings is 5. The molecule has 0 spiro atoms. The number of fused-ring (bicyclic) bond motifs is 7. The summed E-state index contributed by atoms with van der Waals surface area (Å²) in [6.45, 7) is 0. The van der Waals surface area contributed by atoms with E-state index in [0.29, 0.717) is 0 Å². The number of furan rings is 1. The number of rotatable bonds is 5. The van der Waals surface area contributed by atoms with Crippen LogP contribution in [-0.2, 0) is 0 Å². The fourth-order valence-electron chi connectivity index (χ4n) is 8.51. The smallest absolute Gasteiger partial charge is 0.159 e. The van der Waals surface area contributed by atoms with Crippen LogP contribution in [0.5, 0.6) is 0 Å². The molecular weight excluding hydrogens is 681 g/mol. The molecule has 0 radical (unpaired) electrons.